The molecule has 0 bridgehead atoms. The highest BCUT2D eigenvalue weighted by Gasteiger charge is 2.25. The first kappa shape index (κ1) is 16.2. The molecule has 0 spiro atoms. The van der Waals surface area contributed by atoms with E-state index in [1.54, 1.807) is 25.1 Å². The summed E-state index contributed by atoms with van der Waals surface area (Å²) < 4.78 is 0. The molecule has 5 nitrogen and oxygen atoms in total. The van der Waals surface area contributed by atoms with Crippen LogP contribution in [-0.4, -0.2) is 34.2 Å². The van der Waals surface area contributed by atoms with Crippen molar-refractivity contribution in [3.8, 4) is 0 Å². The number of rotatable bonds is 6. The molecule has 0 radical (unpaired) electrons. The van der Waals surface area contributed by atoms with E-state index >= 15 is 0 Å². The predicted molar refractivity (Wildman–Crippen MR) is 75.6 cm³/mol. The molecule has 5 heteroatoms. The lowest BCUT2D eigenvalue weighted by atomic mass is 9.92. The third-order valence-electron chi connectivity index (χ3n) is 3.49. The molecule has 1 rings (SSSR count). The summed E-state index contributed by atoms with van der Waals surface area (Å²) in [5, 5.41) is 21.7. The number of hydrogen-bond donors (Lipinski definition) is 3. The molecule has 0 aliphatic carbocycles. The minimum absolute atomic E-state index is 0.00843. The highest BCUT2D eigenvalue weighted by molar-refractivity contribution is 5.91. The van der Waals surface area contributed by atoms with Gasteiger partial charge in [0.05, 0.1) is 17.6 Å². The van der Waals surface area contributed by atoms with Gasteiger partial charge in [0.1, 0.15) is 0 Å². The lowest BCUT2D eigenvalue weighted by Gasteiger charge is -2.27. The zero-order valence-corrected chi connectivity index (χ0v) is 12.0. The van der Waals surface area contributed by atoms with Gasteiger partial charge < -0.3 is 15.5 Å². The van der Waals surface area contributed by atoms with Crippen molar-refractivity contribution in [1.82, 2.24) is 5.32 Å². The molecule has 0 aliphatic heterocycles. The fourth-order valence-corrected chi connectivity index (χ4v) is 1.60. The molecule has 3 N–H and O–H groups in total. The highest BCUT2D eigenvalue weighted by atomic mass is 16.4. The van der Waals surface area contributed by atoms with Crippen LogP contribution in [0.4, 0.5) is 0 Å². The molecule has 0 saturated carbocycles. The number of amides is 1. The lowest BCUT2D eigenvalue weighted by Crippen LogP contribution is -2.44. The maximum atomic E-state index is 11.8. The van der Waals surface area contributed by atoms with Crippen molar-refractivity contribution in [2.24, 2.45) is 5.92 Å². The molecule has 0 heterocycles. The second kappa shape index (κ2) is 6.52. The largest absolute Gasteiger partial charge is 0.478 e. The smallest absolute Gasteiger partial charge is 0.335 e. The average Bonchev–Trinajstić information content (AvgIpc) is 2.36. The normalized spacial score (nSPS) is 13.8. The van der Waals surface area contributed by atoms with Crippen LogP contribution in [0, 0.1) is 5.92 Å². The summed E-state index contributed by atoms with van der Waals surface area (Å²) in [4.78, 5) is 22.9. The highest BCUT2D eigenvalue weighted by Crippen LogP contribution is 2.15. The number of carboxylic acid groups (broad SMARTS) is 1. The van der Waals surface area contributed by atoms with Crippen LogP contribution in [0.5, 0.6) is 0 Å². The number of carbonyl (C=O) groups is 2. The quantitative estimate of drug-likeness (QED) is 0.735. The molecule has 0 fully saturated rings. The number of hydrogen-bond acceptors (Lipinski definition) is 3. The van der Waals surface area contributed by atoms with Gasteiger partial charge in [0.2, 0.25) is 5.91 Å². The van der Waals surface area contributed by atoms with Crippen molar-refractivity contribution in [2.75, 3.05) is 6.54 Å². The van der Waals surface area contributed by atoms with E-state index < -0.39 is 11.6 Å². The first-order valence-electron chi connectivity index (χ1n) is 6.54. The Balaban J connectivity index is 2.66. The Hall–Kier alpha value is -1.88. The summed E-state index contributed by atoms with van der Waals surface area (Å²) in [5.74, 6) is -1.35. The molecular weight excluding hydrogens is 258 g/mol. The molecule has 1 aromatic rings. The number of benzene rings is 1. The van der Waals surface area contributed by atoms with Gasteiger partial charge in [-0.05, 0) is 24.5 Å². The Kier molecular flexibility index (Phi) is 5.27. The number of carbonyl (C=O) groups excluding carboxylic acids is 1. The van der Waals surface area contributed by atoms with Crippen LogP contribution < -0.4 is 5.32 Å². The minimum Gasteiger partial charge on any atom is -0.478 e. The van der Waals surface area contributed by atoms with Crippen molar-refractivity contribution in [3.05, 3.63) is 35.4 Å². The molecule has 0 aliphatic rings. The molecular formula is C15H21NO4. The molecule has 1 unspecified atom stereocenters. The molecule has 1 aromatic carbocycles. The Morgan fingerprint density at radius 3 is 2.45 bits per heavy atom. The van der Waals surface area contributed by atoms with Crippen LogP contribution in [0.25, 0.3) is 0 Å². The molecule has 0 aromatic heterocycles. The summed E-state index contributed by atoms with van der Waals surface area (Å²) in [5.41, 5.74) is -0.401. The van der Waals surface area contributed by atoms with E-state index in [1.165, 1.54) is 6.07 Å². The van der Waals surface area contributed by atoms with E-state index in [0.29, 0.717) is 5.56 Å². The van der Waals surface area contributed by atoms with Gasteiger partial charge in [-0.25, -0.2) is 4.79 Å². The third kappa shape index (κ3) is 4.35. The van der Waals surface area contributed by atoms with Crippen LogP contribution in [-0.2, 0) is 11.2 Å². The predicted octanol–water partition coefficient (Wildman–Crippen LogP) is 1.45. The van der Waals surface area contributed by atoms with Gasteiger partial charge in [0.15, 0.2) is 0 Å². The Labute approximate surface area is 118 Å². The fourth-order valence-electron chi connectivity index (χ4n) is 1.60. The first-order chi connectivity index (χ1) is 9.24. The van der Waals surface area contributed by atoms with Crippen LogP contribution in [0.2, 0.25) is 0 Å². The van der Waals surface area contributed by atoms with E-state index in [0.717, 1.165) is 0 Å². The van der Waals surface area contributed by atoms with E-state index in [4.69, 9.17) is 5.11 Å². The van der Waals surface area contributed by atoms with Gasteiger partial charge in [-0.3, -0.25) is 4.79 Å². The van der Waals surface area contributed by atoms with Gasteiger partial charge in [-0.2, -0.15) is 0 Å². The summed E-state index contributed by atoms with van der Waals surface area (Å²) in [6.07, 6.45) is -0.0172. The van der Waals surface area contributed by atoms with E-state index in [1.807, 2.05) is 13.8 Å². The van der Waals surface area contributed by atoms with Crippen LogP contribution in [0.15, 0.2) is 24.3 Å². The van der Waals surface area contributed by atoms with Crippen molar-refractivity contribution in [2.45, 2.75) is 32.8 Å². The monoisotopic (exact) mass is 279 g/mol. The van der Waals surface area contributed by atoms with Crippen LogP contribution in [0.3, 0.4) is 0 Å². The number of aliphatic hydroxyl groups is 1. The Bertz CT molecular complexity index is 494. The SMILES string of the molecule is CC(C)C(C)(O)CNC(=O)Cc1ccccc1C(=O)O. The minimum atomic E-state index is -1.05. The topological polar surface area (TPSA) is 86.6 Å². The van der Waals surface area contributed by atoms with Gasteiger partial charge in [0.25, 0.3) is 0 Å². The van der Waals surface area contributed by atoms with E-state index in [9.17, 15) is 14.7 Å². The lowest BCUT2D eigenvalue weighted by molar-refractivity contribution is -0.122. The average molecular weight is 279 g/mol. The van der Waals surface area contributed by atoms with Gasteiger partial charge in [-0.1, -0.05) is 32.0 Å². The summed E-state index contributed by atoms with van der Waals surface area (Å²) in [7, 11) is 0. The van der Waals surface area contributed by atoms with Crippen molar-refractivity contribution in [3.63, 3.8) is 0 Å². The first-order valence-corrected chi connectivity index (χ1v) is 6.54. The maximum Gasteiger partial charge on any atom is 0.335 e. The second-order valence-corrected chi connectivity index (χ2v) is 5.43. The summed E-state index contributed by atoms with van der Waals surface area (Å²) in [6, 6.07) is 6.40. The molecule has 110 valence electrons. The van der Waals surface area contributed by atoms with Gasteiger partial charge in [-0.15, -0.1) is 0 Å². The van der Waals surface area contributed by atoms with Gasteiger partial charge >= 0.3 is 5.97 Å². The zero-order chi connectivity index (χ0) is 15.3. The van der Waals surface area contributed by atoms with Crippen molar-refractivity contribution >= 4 is 11.9 Å². The second-order valence-electron chi connectivity index (χ2n) is 5.43. The molecule has 0 saturated heterocycles. The molecule has 1 amide bonds. The molecule has 1 atom stereocenters. The Morgan fingerprint density at radius 1 is 1.30 bits per heavy atom. The van der Waals surface area contributed by atoms with Crippen molar-refractivity contribution < 1.29 is 19.8 Å². The van der Waals surface area contributed by atoms with E-state index in [-0.39, 0.29) is 30.4 Å². The third-order valence-corrected chi connectivity index (χ3v) is 3.49. The summed E-state index contributed by atoms with van der Waals surface area (Å²) >= 11 is 0. The Morgan fingerprint density at radius 2 is 1.90 bits per heavy atom. The fraction of sp³-hybridized carbons (Fsp3) is 0.467. The van der Waals surface area contributed by atoms with Gasteiger partial charge in [0, 0.05) is 6.54 Å². The zero-order valence-electron chi connectivity index (χ0n) is 12.0. The standard InChI is InChI=1S/C15H21NO4/c1-10(2)15(3,20)9-16-13(17)8-11-6-4-5-7-12(11)14(18)19/h4-7,10,20H,8-9H2,1-3H3,(H,16,17)(H,18,19). The number of nitrogens with one attached hydrogen (secondary N) is 1. The number of aromatic carboxylic acids is 1. The maximum absolute atomic E-state index is 11.8. The van der Waals surface area contributed by atoms with Crippen LogP contribution in [0.1, 0.15) is 36.7 Å². The van der Waals surface area contributed by atoms with Crippen molar-refractivity contribution in [1.29, 1.82) is 0 Å². The molecule has 20 heavy (non-hydrogen) atoms. The number of carboxylic acids is 1. The van der Waals surface area contributed by atoms with E-state index in [2.05, 4.69) is 5.32 Å². The van der Waals surface area contributed by atoms with Crippen LogP contribution >= 0.6 is 0 Å². The summed E-state index contributed by atoms with van der Waals surface area (Å²) in [6.45, 7) is 5.53.